The minimum atomic E-state index is -0.310. The van der Waals surface area contributed by atoms with Crippen molar-refractivity contribution in [1.82, 2.24) is 15.5 Å². The van der Waals surface area contributed by atoms with Gasteiger partial charge in [0, 0.05) is 10.6 Å². The van der Waals surface area contributed by atoms with E-state index in [4.69, 9.17) is 11.6 Å². The van der Waals surface area contributed by atoms with Crippen molar-refractivity contribution in [3.05, 3.63) is 76.7 Å². The van der Waals surface area contributed by atoms with E-state index in [1.54, 1.807) is 30.3 Å². The minimum absolute atomic E-state index is 0.264. The number of amides is 1. The second-order valence-corrected chi connectivity index (χ2v) is 5.85. The molecule has 2 N–H and O–H groups in total. The van der Waals surface area contributed by atoms with Crippen molar-refractivity contribution >= 4 is 17.5 Å². The van der Waals surface area contributed by atoms with Gasteiger partial charge in [-0.15, -0.1) is 0 Å². The zero-order valence-electron chi connectivity index (χ0n) is 12.9. The average Bonchev–Trinajstić information content (AvgIpc) is 3.05. The third-order valence-electron chi connectivity index (χ3n) is 3.71. The second kappa shape index (κ2) is 6.84. The Morgan fingerprint density at radius 3 is 2.71 bits per heavy atom. The number of benzene rings is 2. The van der Waals surface area contributed by atoms with E-state index in [9.17, 15) is 9.18 Å². The number of carbonyl (C=O) groups is 1. The van der Waals surface area contributed by atoms with E-state index in [-0.39, 0.29) is 17.8 Å². The first-order valence-electron chi connectivity index (χ1n) is 7.40. The van der Waals surface area contributed by atoms with Crippen molar-refractivity contribution in [3.63, 3.8) is 0 Å². The lowest BCUT2D eigenvalue weighted by atomic mass is 10.1. The Kier molecular flexibility index (Phi) is 4.62. The molecule has 0 bridgehead atoms. The van der Waals surface area contributed by atoms with Crippen LogP contribution in [0.5, 0.6) is 0 Å². The highest BCUT2D eigenvalue weighted by Gasteiger charge is 2.18. The molecule has 0 unspecified atom stereocenters. The van der Waals surface area contributed by atoms with E-state index in [2.05, 4.69) is 15.5 Å². The van der Waals surface area contributed by atoms with Gasteiger partial charge < -0.3 is 5.32 Å². The smallest absolute Gasteiger partial charge is 0.255 e. The first kappa shape index (κ1) is 16.2. The fourth-order valence-corrected chi connectivity index (χ4v) is 2.62. The van der Waals surface area contributed by atoms with E-state index >= 15 is 0 Å². The Morgan fingerprint density at radius 2 is 2.00 bits per heavy atom. The van der Waals surface area contributed by atoms with Crippen LogP contribution >= 0.6 is 11.6 Å². The number of nitrogens with zero attached hydrogens (tertiary/aromatic N) is 1. The van der Waals surface area contributed by atoms with Crippen molar-refractivity contribution in [3.8, 4) is 11.3 Å². The molecule has 0 fully saturated rings. The second-order valence-electron chi connectivity index (χ2n) is 5.42. The summed E-state index contributed by atoms with van der Waals surface area (Å²) >= 11 is 6.01. The Morgan fingerprint density at radius 1 is 1.25 bits per heavy atom. The zero-order valence-corrected chi connectivity index (χ0v) is 13.6. The highest BCUT2D eigenvalue weighted by Crippen LogP contribution is 2.24. The predicted octanol–water partition coefficient (Wildman–Crippen LogP) is 4.36. The van der Waals surface area contributed by atoms with Crippen molar-refractivity contribution < 1.29 is 9.18 Å². The van der Waals surface area contributed by atoms with Crippen LogP contribution < -0.4 is 5.32 Å². The summed E-state index contributed by atoms with van der Waals surface area (Å²) in [5.41, 5.74) is 2.62. The zero-order chi connectivity index (χ0) is 17.1. The van der Waals surface area contributed by atoms with E-state index in [0.29, 0.717) is 16.3 Å². The van der Waals surface area contributed by atoms with Gasteiger partial charge in [-0.2, -0.15) is 5.10 Å². The fraction of sp³-hybridized carbons (Fsp3) is 0.111. The first-order valence-corrected chi connectivity index (χ1v) is 7.78. The molecule has 0 radical (unpaired) electrons. The number of hydrogen-bond donors (Lipinski definition) is 2. The van der Waals surface area contributed by atoms with Gasteiger partial charge in [-0.25, -0.2) is 4.39 Å². The molecule has 3 rings (SSSR count). The Hall–Kier alpha value is -2.66. The topological polar surface area (TPSA) is 57.8 Å². The molecule has 1 atom stereocenters. The Labute approximate surface area is 143 Å². The van der Waals surface area contributed by atoms with E-state index in [1.807, 2.05) is 13.0 Å². The summed E-state index contributed by atoms with van der Waals surface area (Å²) in [6.07, 6.45) is 1.48. The van der Waals surface area contributed by atoms with Gasteiger partial charge in [-0.1, -0.05) is 35.9 Å². The van der Waals surface area contributed by atoms with Gasteiger partial charge in [0.2, 0.25) is 0 Å². The number of rotatable bonds is 4. The average molecular weight is 344 g/mol. The number of carbonyl (C=O) groups excluding carboxylic acids is 1. The number of nitrogens with one attached hydrogen (secondary N) is 2. The van der Waals surface area contributed by atoms with Crippen LogP contribution in [0, 0.1) is 5.82 Å². The molecule has 2 aromatic carbocycles. The molecule has 0 saturated carbocycles. The molecule has 1 amide bonds. The van der Waals surface area contributed by atoms with Crippen molar-refractivity contribution in [1.29, 1.82) is 0 Å². The normalized spacial score (nSPS) is 12.0. The quantitative estimate of drug-likeness (QED) is 0.739. The maximum atomic E-state index is 13.0. The van der Waals surface area contributed by atoms with E-state index in [0.717, 1.165) is 11.1 Å². The summed E-state index contributed by atoms with van der Waals surface area (Å²) in [7, 11) is 0. The fourth-order valence-electron chi connectivity index (χ4n) is 2.43. The number of H-pyrrole nitrogens is 1. The molecule has 0 saturated heterocycles. The van der Waals surface area contributed by atoms with E-state index in [1.165, 1.54) is 18.3 Å². The van der Waals surface area contributed by atoms with Crippen molar-refractivity contribution in [2.75, 3.05) is 0 Å². The van der Waals surface area contributed by atoms with Crippen LogP contribution in [-0.2, 0) is 0 Å². The summed E-state index contributed by atoms with van der Waals surface area (Å²) in [5.74, 6) is -0.578. The van der Waals surface area contributed by atoms with Crippen LogP contribution in [0.2, 0.25) is 5.02 Å². The molecule has 0 spiro atoms. The Balaban J connectivity index is 1.81. The third kappa shape index (κ3) is 3.46. The Bertz CT molecular complexity index is 861. The molecule has 0 aliphatic carbocycles. The van der Waals surface area contributed by atoms with Crippen LogP contribution in [-0.4, -0.2) is 16.1 Å². The summed E-state index contributed by atoms with van der Waals surface area (Å²) in [6.45, 7) is 1.84. The van der Waals surface area contributed by atoms with Crippen LogP contribution in [0.1, 0.15) is 28.9 Å². The van der Waals surface area contributed by atoms with Crippen LogP contribution in [0.15, 0.2) is 54.7 Å². The van der Waals surface area contributed by atoms with Gasteiger partial charge in [-0.3, -0.25) is 9.89 Å². The molecule has 1 aromatic heterocycles. The van der Waals surface area contributed by atoms with Gasteiger partial charge in [0.1, 0.15) is 5.82 Å². The molecule has 24 heavy (non-hydrogen) atoms. The van der Waals surface area contributed by atoms with Crippen molar-refractivity contribution in [2.45, 2.75) is 13.0 Å². The van der Waals surface area contributed by atoms with Crippen LogP contribution in [0.3, 0.4) is 0 Å². The molecule has 0 aliphatic rings. The predicted molar refractivity (Wildman–Crippen MR) is 91.3 cm³/mol. The minimum Gasteiger partial charge on any atom is -0.345 e. The van der Waals surface area contributed by atoms with Gasteiger partial charge in [0.05, 0.1) is 23.5 Å². The van der Waals surface area contributed by atoms with Crippen LogP contribution in [0.25, 0.3) is 11.3 Å². The lowest BCUT2D eigenvalue weighted by molar-refractivity contribution is 0.0940. The lowest BCUT2D eigenvalue weighted by Crippen LogP contribution is -2.26. The third-order valence-corrected chi connectivity index (χ3v) is 3.95. The van der Waals surface area contributed by atoms with Crippen LogP contribution in [0.4, 0.5) is 4.39 Å². The summed E-state index contributed by atoms with van der Waals surface area (Å²) in [5, 5.41) is 10.3. The molecule has 122 valence electrons. The number of halogens is 2. The molecule has 4 nitrogen and oxygen atoms in total. The highest BCUT2D eigenvalue weighted by molar-refractivity contribution is 6.30. The maximum absolute atomic E-state index is 13.0. The van der Waals surface area contributed by atoms with Gasteiger partial charge in [0.25, 0.3) is 5.91 Å². The van der Waals surface area contributed by atoms with Gasteiger partial charge >= 0.3 is 0 Å². The summed E-state index contributed by atoms with van der Waals surface area (Å²) < 4.78 is 13.0. The van der Waals surface area contributed by atoms with E-state index < -0.39 is 0 Å². The monoisotopic (exact) mass is 343 g/mol. The summed E-state index contributed by atoms with van der Waals surface area (Å²) in [6, 6.07) is 12.9. The number of aromatic nitrogens is 2. The lowest BCUT2D eigenvalue weighted by Gasteiger charge is -2.14. The van der Waals surface area contributed by atoms with Crippen molar-refractivity contribution in [2.24, 2.45) is 0 Å². The molecule has 0 aliphatic heterocycles. The number of aromatic amines is 1. The van der Waals surface area contributed by atoms with Gasteiger partial charge in [-0.05, 0) is 36.8 Å². The maximum Gasteiger partial charge on any atom is 0.255 e. The SMILES string of the molecule is C[C@@H](NC(=O)c1cn[nH]c1-c1cccc(Cl)c1)c1ccc(F)cc1. The molecule has 1 heterocycles. The number of hydrogen-bond acceptors (Lipinski definition) is 2. The molecular formula is C18H15ClFN3O. The first-order chi connectivity index (χ1) is 11.5. The standard InChI is InChI=1S/C18H15ClFN3O/c1-11(12-5-7-15(20)8-6-12)22-18(24)16-10-21-23-17(16)13-3-2-4-14(19)9-13/h2-11H,1H3,(H,21,23)(H,22,24)/t11-/m1/s1. The highest BCUT2D eigenvalue weighted by atomic mass is 35.5. The molecular weight excluding hydrogens is 329 g/mol. The van der Waals surface area contributed by atoms with Gasteiger partial charge in [0.15, 0.2) is 0 Å². The summed E-state index contributed by atoms with van der Waals surface area (Å²) in [4.78, 5) is 12.6. The molecule has 3 aromatic rings. The largest absolute Gasteiger partial charge is 0.345 e. The molecule has 6 heteroatoms.